The van der Waals surface area contributed by atoms with Crippen LogP contribution in [0.15, 0.2) is 53.9 Å². The van der Waals surface area contributed by atoms with Crippen molar-refractivity contribution in [2.75, 3.05) is 18.3 Å². The van der Waals surface area contributed by atoms with E-state index in [1.807, 2.05) is 53.4 Å². The maximum Gasteiger partial charge on any atom is 0.177 e. The van der Waals surface area contributed by atoms with Crippen LogP contribution in [0, 0.1) is 0 Å². The summed E-state index contributed by atoms with van der Waals surface area (Å²) < 4.78 is 38.8. The fourth-order valence-corrected chi connectivity index (χ4v) is 2.74. The molecule has 0 unspecified atom stereocenters. The van der Waals surface area contributed by atoms with E-state index in [-0.39, 0.29) is 5.75 Å². The number of pyridine rings is 1. The highest BCUT2D eigenvalue weighted by Crippen LogP contribution is 2.14. The molecule has 2 aromatic rings. The molecule has 1 N–H and O–H groups in total. The minimum Gasteiger partial charge on any atom is -0.748 e. The van der Waals surface area contributed by atoms with Crippen molar-refractivity contribution in [2.45, 2.75) is 19.4 Å². The number of anilines is 1. The third-order valence-electron chi connectivity index (χ3n) is 3.44. The van der Waals surface area contributed by atoms with Gasteiger partial charge < -0.3 is 9.29 Å². The molecule has 0 radical (unpaired) electrons. The van der Waals surface area contributed by atoms with Gasteiger partial charge >= 0.3 is 0 Å². The quantitative estimate of drug-likeness (QED) is 0.241. The van der Waals surface area contributed by atoms with Crippen LogP contribution >= 0.6 is 0 Å². The lowest BCUT2D eigenvalue weighted by Gasteiger charge is -2.04. The molecule has 8 heteroatoms. The van der Waals surface area contributed by atoms with Gasteiger partial charge in [0.2, 0.25) is 0 Å². The fourth-order valence-electron chi connectivity index (χ4n) is 2.18. The maximum absolute atomic E-state index is 10.6. The Morgan fingerprint density at radius 2 is 2.00 bits per heavy atom. The normalized spacial score (nSPS) is 11.6. The van der Waals surface area contributed by atoms with E-state index < -0.39 is 10.1 Å². The van der Waals surface area contributed by atoms with Gasteiger partial charge in [0.1, 0.15) is 12.3 Å². The molecule has 0 bridgehead atoms. The zero-order valence-corrected chi connectivity index (χ0v) is 14.8. The molecule has 0 spiro atoms. The third kappa shape index (κ3) is 7.32. The summed E-state index contributed by atoms with van der Waals surface area (Å²) in [5.74, 6) is 0.462. The molecule has 0 fully saturated rings. The minimum absolute atomic E-state index is 0.319. The second-order valence-electron chi connectivity index (χ2n) is 5.44. The molecule has 0 saturated carbocycles. The van der Waals surface area contributed by atoms with E-state index in [1.54, 1.807) is 13.3 Å². The minimum atomic E-state index is -4.13. The highest BCUT2D eigenvalue weighted by atomic mass is 32.2. The number of benzene rings is 1. The summed E-state index contributed by atoms with van der Waals surface area (Å²) in [4.78, 5) is 0. The number of rotatable bonds is 9. The van der Waals surface area contributed by atoms with Crippen molar-refractivity contribution in [3.8, 4) is 5.75 Å². The van der Waals surface area contributed by atoms with E-state index in [0.29, 0.717) is 19.4 Å². The first-order valence-corrected chi connectivity index (χ1v) is 9.40. The Labute approximate surface area is 147 Å². The topological polar surface area (TPSA) is 94.7 Å². The van der Waals surface area contributed by atoms with Crippen LogP contribution in [-0.4, -0.2) is 32.0 Å². The van der Waals surface area contributed by atoms with Gasteiger partial charge in [0.25, 0.3) is 0 Å². The predicted octanol–water partition coefficient (Wildman–Crippen LogP) is 1.75. The molecule has 0 atom stereocenters. The molecule has 0 aliphatic carbocycles. The number of hydrogen-bond acceptors (Lipinski definition) is 6. The number of nitrogens with one attached hydrogen (secondary N) is 1. The van der Waals surface area contributed by atoms with Crippen LogP contribution in [0.2, 0.25) is 0 Å². The van der Waals surface area contributed by atoms with Crippen molar-refractivity contribution >= 4 is 22.0 Å². The standard InChI is InChI=1S/C17H21N3O4S/c1-24-17-8-6-16(7-9-17)19-18-13-15-5-4-11-20(14-15)10-2-3-12-25(21,22)23/h4-9,11,13-14,19H,2-3,10,12H2,1H3/b18-13+. The summed E-state index contributed by atoms with van der Waals surface area (Å²) in [5.41, 5.74) is 4.69. The van der Waals surface area contributed by atoms with Gasteiger partial charge in [0.05, 0.1) is 34.7 Å². The molecule has 0 saturated heterocycles. The van der Waals surface area contributed by atoms with Crippen LogP contribution in [-0.2, 0) is 16.7 Å². The summed E-state index contributed by atoms with van der Waals surface area (Å²) in [7, 11) is -2.51. The van der Waals surface area contributed by atoms with Gasteiger partial charge in [-0.05, 0) is 36.8 Å². The number of unbranched alkanes of at least 4 members (excludes halogenated alkanes) is 1. The average molecular weight is 363 g/mol. The van der Waals surface area contributed by atoms with Crippen LogP contribution < -0.4 is 14.7 Å². The Bertz CT molecular complexity index is 805. The Kier molecular flexibility index (Phi) is 6.91. The Morgan fingerprint density at radius 3 is 2.68 bits per heavy atom. The van der Waals surface area contributed by atoms with Gasteiger partial charge in [-0.3, -0.25) is 5.43 Å². The van der Waals surface area contributed by atoms with E-state index in [0.717, 1.165) is 17.0 Å². The molecule has 1 heterocycles. The fraction of sp³-hybridized carbons (Fsp3) is 0.294. The number of hydrazone groups is 1. The van der Waals surface area contributed by atoms with Crippen LogP contribution in [0.25, 0.3) is 0 Å². The molecule has 2 rings (SSSR count). The summed E-state index contributed by atoms with van der Waals surface area (Å²) in [5, 5.41) is 4.19. The highest BCUT2D eigenvalue weighted by Gasteiger charge is 2.03. The zero-order valence-electron chi connectivity index (χ0n) is 14.0. The molecule has 0 amide bonds. The van der Waals surface area contributed by atoms with Crippen LogP contribution in [0.3, 0.4) is 0 Å². The van der Waals surface area contributed by atoms with E-state index >= 15 is 0 Å². The summed E-state index contributed by atoms with van der Waals surface area (Å²) in [6, 6.07) is 11.2. The summed E-state index contributed by atoms with van der Waals surface area (Å²) in [6.07, 6.45) is 6.47. The van der Waals surface area contributed by atoms with Crippen molar-refractivity contribution in [1.29, 1.82) is 0 Å². The average Bonchev–Trinajstić information content (AvgIpc) is 2.59. The van der Waals surface area contributed by atoms with Crippen molar-refractivity contribution in [2.24, 2.45) is 5.10 Å². The van der Waals surface area contributed by atoms with Gasteiger partial charge in [0, 0.05) is 18.2 Å². The molecule has 0 aliphatic heterocycles. The lowest BCUT2D eigenvalue weighted by molar-refractivity contribution is -0.697. The molecule has 25 heavy (non-hydrogen) atoms. The van der Waals surface area contributed by atoms with Crippen molar-refractivity contribution < 1.29 is 22.3 Å². The molecular weight excluding hydrogens is 342 g/mol. The molecule has 134 valence electrons. The number of ether oxygens (including phenoxy) is 1. The van der Waals surface area contributed by atoms with Gasteiger partial charge in [-0.15, -0.1) is 0 Å². The molecule has 0 aliphatic rings. The van der Waals surface area contributed by atoms with Gasteiger partial charge in [-0.2, -0.15) is 5.10 Å². The summed E-state index contributed by atoms with van der Waals surface area (Å²) in [6.45, 7) is 0.642. The Hall–Kier alpha value is -2.45. The van der Waals surface area contributed by atoms with E-state index in [4.69, 9.17) is 4.74 Å². The van der Waals surface area contributed by atoms with E-state index in [1.165, 1.54) is 0 Å². The largest absolute Gasteiger partial charge is 0.748 e. The SMILES string of the molecule is COc1ccc(N/N=C/c2ccc[n+](CCCCS(=O)(=O)[O-])c2)cc1. The number of nitrogens with zero attached hydrogens (tertiary/aromatic N) is 2. The lowest BCUT2D eigenvalue weighted by Crippen LogP contribution is -2.33. The maximum atomic E-state index is 10.6. The first kappa shape index (κ1) is 18.9. The number of hydrogen-bond donors (Lipinski definition) is 1. The van der Waals surface area contributed by atoms with Crippen LogP contribution in [0.5, 0.6) is 5.75 Å². The molecule has 1 aromatic heterocycles. The number of aromatic nitrogens is 1. The second kappa shape index (κ2) is 9.14. The monoisotopic (exact) mass is 363 g/mol. The van der Waals surface area contributed by atoms with Gasteiger partial charge in [0.15, 0.2) is 12.4 Å². The predicted molar refractivity (Wildman–Crippen MR) is 94.6 cm³/mol. The number of methoxy groups -OCH3 is 1. The van der Waals surface area contributed by atoms with E-state index in [9.17, 15) is 13.0 Å². The van der Waals surface area contributed by atoms with Gasteiger partial charge in [-0.1, -0.05) is 0 Å². The van der Waals surface area contributed by atoms with Crippen molar-refractivity contribution in [3.05, 3.63) is 54.4 Å². The molecule has 1 aromatic carbocycles. The molecular formula is C17H21N3O4S. The molecule has 7 nitrogen and oxygen atoms in total. The smallest absolute Gasteiger partial charge is 0.177 e. The second-order valence-corrected chi connectivity index (χ2v) is 6.97. The van der Waals surface area contributed by atoms with E-state index in [2.05, 4.69) is 10.5 Å². The van der Waals surface area contributed by atoms with Crippen molar-refractivity contribution in [3.63, 3.8) is 0 Å². The zero-order chi connectivity index (χ0) is 18.1. The summed E-state index contributed by atoms with van der Waals surface area (Å²) >= 11 is 0. The first-order chi connectivity index (χ1) is 12.0. The van der Waals surface area contributed by atoms with Gasteiger partial charge in [-0.25, -0.2) is 13.0 Å². The third-order valence-corrected chi connectivity index (χ3v) is 4.23. The lowest BCUT2D eigenvalue weighted by atomic mass is 10.3. The van der Waals surface area contributed by atoms with Crippen LogP contribution in [0.1, 0.15) is 18.4 Å². The van der Waals surface area contributed by atoms with Crippen LogP contribution in [0.4, 0.5) is 5.69 Å². The first-order valence-electron chi connectivity index (χ1n) is 7.82. The highest BCUT2D eigenvalue weighted by molar-refractivity contribution is 7.85. The number of aryl methyl sites for hydroxylation is 1. The Balaban J connectivity index is 1.85. The Morgan fingerprint density at radius 1 is 1.24 bits per heavy atom. The van der Waals surface area contributed by atoms with Crippen molar-refractivity contribution in [1.82, 2.24) is 0 Å².